The van der Waals surface area contributed by atoms with Gasteiger partial charge in [0.25, 0.3) is 0 Å². The number of carbonyl (C=O) groups is 1. The van der Waals surface area contributed by atoms with Gasteiger partial charge in [0.05, 0.1) is 17.9 Å². The highest BCUT2D eigenvalue weighted by Crippen LogP contribution is 2.44. The van der Waals surface area contributed by atoms with Crippen molar-refractivity contribution in [2.45, 2.75) is 63.5 Å². The molecular weight excluding hydrogens is 476 g/mol. The van der Waals surface area contributed by atoms with Crippen molar-refractivity contribution < 1.29 is 41.0 Å². The number of hydrogen-bond donors (Lipinski definition) is 1. The van der Waals surface area contributed by atoms with Gasteiger partial charge in [-0.1, -0.05) is 18.2 Å². The average molecular weight is 503 g/mol. The van der Waals surface area contributed by atoms with Crippen LogP contribution >= 0.6 is 0 Å². The van der Waals surface area contributed by atoms with Gasteiger partial charge in [-0.2, -0.15) is 26.3 Å². The molecule has 0 aromatic heterocycles. The van der Waals surface area contributed by atoms with Crippen LogP contribution in [0.3, 0.4) is 0 Å². The number of fused-ring (bicyclic) bond motifs is 1. The minimum Gasteiger partial charge on any atom is -0.490 e. The van der Waals surface area contributed by atoms with Crippen molar-refractivity contribution in [3.8, 4) is 5.75 Å². The third kappa shape index (κ3) is 6.02. The van der Waals surface area contributed by atoms with E-state index >= 15 is 0 Å². The van der Waals surface area contributed by atoms with E-state index in [1.165, 1.54) is 18.2 Å². The summed E-state index contributed by atoms with van der Waals surface area (Å²) in [4.78, 5) is 13.3. The summed E-state index contributed by atoms with van der Waals surface area (Å²) in [7, 11) is 0. The summed E-state index contributed by atoms with van der Waals surface area (Å²) < 4.78 is 86.5. The zero-order valence-corrected chi connectivity index (χ0v) is 19.0. The quantitative estimate of drug-likeness (QED) is 0.464. The van der Waals surface area contributed by atoms with Gasteiger partial charge in [0.15, 0.2) is 0 Å². The fourth-order valence-corrected chi connectivity index (χ4v) is 5.19. The molecule has 2 fully saturated rings. The molecule has 4 nitrogen and oxygen atoms in total. The molecule has 1 aliphatic heterocycles. The molecule has 1 saturated heterocycles. The maximum absolute atomic E-state index is 14.1. The molecular formula is C25H27F6NO3. The SMILES string of the molecule is O=C(O)[C@H]1CCCN(Cc2ccc3c(C(F)(F)F)c(OC4CCC(C(F)(F)F)CC4)ccc3c2)C1. The number of aliphatic carboxylic acids is 1. The summed E-state index contributed by atoms with van der Waals surface area (Å²) in [5.41, 5.74) is -0.154. The molecule has 10 heteroatoms. The van der Waals surface area contributed by atoms with Crippen LogP contribution in [0.15, 0.2) is 30.3 Å². The van der Waals surface area contributed by atoms with Crippen molar-refractivity contribution in [2.24, 2.45) is 11.8 Å². The molecule has 35 heavy (non-hydrogen) atoms. The number of halogens is 6. The molecule has 1 N–H and O–H groups in total. The van der Waals surface area contributed by atoms with Crippen molar-refractivity contribution in [1.29, 1.82) is 0 Å². The van der Waals surface area contributed by atoms with Crippen molar-refractivity contribution in [1.82, 2.24) is 4.90 Å². The predicted molar refractivity (Wildman–Crippen MR) is 117 cm³/mol. The van der Waals surface area contributed by atoms with Gasteiger partial charge in [-0.15, -0.1) is 0 Å². The predicted octanol–water partition coefficient (Wildman–Crippen LogP) is 6.66. The van der Waals surface area contributed by atoms with Crippen LogP contribution in [0.25, 0.3) is 10.8 Å². The van der Waals surface area contributed by atoms with Gasteiger partial charge in [-0.05, 0) is 73.5 Å². The minimum atomic E-state index is -4.71. The summed E-state index contributed by atoms with van der Waals surface area (Å²) in [6, 6.07) is 7.42. The Bertz CT molecular complexity index is 1060. The van der Waals surface area contributed by atoms with E-state index in [1.807, 2.05) is 4.90 Å². The second-order valence-corrected chi connectivity index (χ2v) is 9.54. The summed E-state index contributed by atoms with van der Waals surface area (Å²) in [6.45, 7) is 1.55. The number of ether oxygens (including phenoxy) is 1. The van der Waals surface area contributed by atoms with Crippen molar-refractivity contribution in [2.75, 3.05) is 13.1 Å². The van der Waals surface area contributed by atoms with Crippen molar-refractivity contribution >= 4 is 16.7 Å². The van der Waals surface area contributed by atoms with Crippen LogP contribution in [0.1, 0.15) is 49.7 Å². The third-order valence-electron chi connectivity index (χ3n) is 7.02. The first kappa shape index (κ1) is 25.6. The molecule has 0 bridgehead atoms. The van der Waals surface area contributed by atoms with E-state index in [0.717, 1.165) is 18.5 Å². The first-order chi connectivity index (χ1) is 16.4. The number of rotatable bonds is 5. The molecule has 0 radical (unpaired) electrons. The van der Waals surface area contributed by atoms with E-state index in [1.54, 1.807) is 12.1 Å². The molecule has 1 atom stereocenters. The van der Waals surface area contributed by atoms with Gasteiger partial charge in [-0.25, -0.2) is 0 Å². The van der Waals surface area contributed by atoms with Crippen LogP contribution in [0.2, 0.25) is 0 Å². The van der Waals surface area contributed by atoms with Crippen molar-refractivity contribution in [3.05, 3.63) is 41.5 Å². The summed E-state index contributed by atoms with van der Waals surface area (Å²) in [6.07, 6.45) is -8.58. The Morgan fingerprint density at radius 2 is 1.71 bits per heavy atom. The van der Waals surface area contributed by atoms with Gasteiger partial charge in [0.2, 0.25) is 0 Å². The molecule has 4 rings (SSSR count). The Balaban J connectivity index is 1.54. The smallest absolute Gasteiger partial charge is 0.420 e. The number of carboxylic acid groups (broad SMARTS) is 1. The van der Waals surface area contributed by atoms with Crippen LogP contribution in [0, 0.1) is 11.8 Å². The molecule has 0 unspecified atom stereocenters. The number of likely N-dealkylation sites (tertiary alicyclic amines) is 1. The average Bonchev–Trinajstić information content (AvgIpc) is 2.78. The Hall–Kier alpha value is -2.49. The zero-order chi connectivity index (χ0) is 25.4. The number of benzene rings is 2. The van der Waals surface area contributed by atoms with Crippen LogP contribution in [0.5, 0.6) is 5.75 Å². The Labute approximate surface area is 198 Å². The number of piperidine rings is 1. The van der Waals surface area contributed by atoms with E-state index in [0.29, 0.717) is 24.9 Å². The molecule has 0 spiro atoms. The van der Waals surface area contributed by atoms with E-state index in [-0.39, 0.29) is 36.8 Å². The Kier molecular flexibility index (Phi) is 7.22. The molecule has 2 aromatic carbocycles. The highest BCUT2D eigenvalue weighted by atomic mass is 19.4. The van der Waals surface area contributed by atoms with Crippen LogP contribution in [-0.2, 0) is 17.5 Å². The summed E-state index contributed by atoms with van der Waals surface area (Å²) >= 11 is 0. The summed E-state index contributed by atoms with van der Waals surface area (Å²) in [5.74, 6) is -3.10. The molecule has 2 aliphatic rings. The second-order valence-electron chi connectivity index (χ2n) is 9.54. The van der Waals surface area contributed by atoms with Crippen LogP contribution < -0.4 is 4.74 Å². The standard InChI is InChI=1S/C25H27F6NO3/c26-24(27,28)18-5-7-19(8-6-18)35-21-10-4-16-12-15(3-9-20(16)22(21)25(29,30)31)13-32-11-1-2-17(14-32)23(33)34/h3-4,9-10,12,17-19H,1-2,5-8,11,13-14H2,(H,33,34)/t17-,18?,19?/m0/s1. The lowest BCUT2D eigenvalue weighted by Crippen LogP contribution is -2.38. The lowest BCUT2D eigenvalue weighted by atomic mass is 9.87. The normalized spacial score (nSPS) is 24.5. The number of hydrogen-bond acceptors (Lipinski definition) is 3. The Morgan fingerprint density at radius 1 is 1.00 bits per heavy atom. The fraction of sp³-hybridized carbons (Fsp3) is 0.560. The third-order valence-corrected chi connectivity index (χ3v) is 7.02. The van der Waals surface area contributed by atoms with Crippen molar-refractivity contribution in [3.63, 3.8) is 0 Å². The van der Waals surface area contributed by atoms with Gasteiger partial charge < -0.3 is 9.84 Å². The molecule has 1 aliphatic carbocycles. The second kappa shape index (κ2) is 9.87. The van der Waals surface area contributed by atoms with Crippen LogP contribution in [-0.4, -0.2) is 41.3 Å². The first-order valence-electron chi connectivity index (χ1n) is 11.7. The molecule has 192 valence electrons. The largest absolute Gasteiger partial charge is 0.490 e. The van der Waals surface area contributed by atoms with E-state index in [9.17, 15) is 36.2 Å². The van der Waals surface area contributed by atoms with E-state index in [4.69, 9.17) is 4.74 Å². The monoisotopic (exact) mass is 503 g/mol. The molecule has 1 saturated carbocycles. The van der Waals surface area contributed by atoms with E-state index in [2.05, 4.69) is 0 Å². The summed E-state index contributed by atoms with van der Waals surface area (Å²) in [5, 5.41) is 9.60. The maximum Gasteiger partial charge on any atom is 0.420 e. The number of alkyl halides is 6. The first-order valence-corrected chi connectivity index (χ1v) is 11.7. The highest BCUT2D eigenvalue weighted by Gasteiger charge is 2.42. The molecule has 0 amide bonds. The maximum atomic E-state index is 14.1. The fourth-order valence-electron chi connectivity index (χ4n) is 5.19. The number of nitrogens with zero attached hydrogens (tertiary/aromatic N) is 1. The number of carboxylic acids is 1. The van der Waals surface area contributed by atoms with Gasteiger partial charge in [0, 0.05) is 13.1 Å². The lowest BCUT2D eigenvalue weighted by molar-refractivity contribution is -0.185. The minimum absolute atomic E-state index is 0.0372. The van der Waals surface area contributed by atoms with Gasteiger partial charge in [-0.3, -0.25) is 9.69 Å². The molecule has 1 heterocycles. The molecule has 2 aromatic rings. The zero-order valence-electron chi connectivity index (χ0n) is 19.0. The van der Waals surface area contributed by atoms with Gasteiger partial charge in [0.1, 0.15) is 11.3 Å². The van der Waals surface area contributed by atoms with Crippen LogP contribution in [0.4, 0.5) is 26.3 Å². The lowest BCUT2D eigenvalue weighted by Gasteiger charge is -2.31. The topological polar surface area (TPSA) is 49.8 Å². The van der Waals surface area contributed by atoms with E-state index < -0.39 is 41.8 Å². The Morgan fingerprint density at radius 3 is 2.34 bits per heavy atom. The highest BCUT2D eigenvalue weighted by molar-refractivity contribution is 5.89. The van der Waals surface area contributed by atoms with Gasteiger partial charge >= 0.3 is 18.3 Å².